The van der Waals surface area contributed by atoms with Crippen LogP contribution >= 0.6 is 0 Å². The summed E-state index contributed by atoms with van der Waals surface area (Å²) in [5.74, 6) is 1.06. The van der Waals surface area contributed by atoms with Gasteiger partial charge in [-0.3, -0.25) is 9.69 Å². The summed E-state index contributed by atoms with van der Waals surface area (Å²) in [5.41, 5.74) is 1.14. The van der Waals surface area contributed by atoms with E-state index in [1.54, 1.807) is 4.90 Å². The molecule has 1 N–H and O–H groups in total. The summed E-state index contributed by atoms with van der Waals surface area (Å²) in [6, 6.07) is 7.95. The van der Waals surface area contributed by atoms with E-state index < -0.39 is 0 Å². The number of nitrogens with one attached hydrogen (secondary N) is 1. The maximum atomic E-state index is 12.3. The lowest BCUT2D eigenvalue weighted by atomic mass is 10.1. The first-order chi connectivity index (χ1) is 10.1. The van der Waals surface area contributed by atoms with Gasteiger partial charge in [-0.1, -0.05) is 18.2 Å². The van der Waals surface area contributed by atoms with Crippen LogP contribution in [0.25, 0.3) is 0 Å². The molecule has 21 heavy (non-hydrogen) atoms. The Balaban J connectivity index is 2.14. The van der Waals surface area contributed by atoms with E-state index in [2.05, 4.69) is 16.3 Å². The molecule has 1 atom stereocenters. The van der Waals surface area contributed by atoms with Crippen molar-refractivity contribution in [2.24, 2.45) is 0 Å². The van der Waals surface area contributed by atoms with Crippen LogP contribution in [-0.2, 0) is 11.3 Å². The average Bonchev–Trinajstić information content (AvgIpc) is 2.49. The predicted molar refractivity (Wildman–Crippen MR) is 83.4 cm³/mol. The molecule has 1 heterocycles. The van der Waals surface area contributed by atoms with Crippen LogP contribution in [0.1, 0.15) is 12.5 Å². The zero-order chi connectivity index (χ0) is 15.2. The number of carbonyl (C=O) groups excluding carboxylic acids is 1. The van der Waals surface area contributed by atoms with Gasteiger partial charge in [0.15, 0.2) is 0 Å². The van der Waals surface area contributed by atoms with Gasteiger partial charge in [-0.25, -0.2) is 0 Å². The molecule has 116 valence electrons. The molecule has 1 saturated heterocycles. The second-order valence-corrected chi connectivity index (χ2v) is 5.46. The Morgan fingerprint density at radius 2 is 2.19 bits per heavy atom. The van der Waals surface area contributed by atoms with Crippen molar-refractivity contribution in [2.75, 3.05) is 40.3 Å². The van der Waals surface area contributed by atoms with Gasteiger partial charge in [0.1, 0.15) is 11.8 Å². The summed E-state index contributed by atoms with van der Waals surface area (Å²) < 4.78 is 5.68. The number of hydrogen-bond donors (Lipinski definition) is 1. The Bertz CT molecular complexity index is 476. The second-order valence-electron chi connectivity index (χ2n) is 5.46. The minimum absolute atomic E-state index is 0.108. The molecule has 5 nitrogen and oxygen atoms in total. The molecule has 2 rings (SSSR count). The van der Waals surface area contributed by atoms with Crippen LogP contribution in [0, 0.1) is 0 Å². The molecule has 0 aliphatic carbocycles. The lowest BCUT2D eigenvalue weighted by molar-refractivity contribution is -0.135. The summed E-state index contributed by atoms with van der Waals surface area (Å²) in [6.07, 6.45) is 0. The van der Waals surface area contributed by atoms with Gasteiger partial charge in [0, 0.05) is 45.8 Å². The molecule has 0 aromatic heterocycles. The molecule has 0 spiro atoms. The maximum Gasteiger partial charge on any atom is 0.240 e. The highest BCUT2D eigenvalue weighted by molar-refractivity contribution is 5.81. The molecule has 1 aliphatic heterocycles. The fourth-order valence-corrected chi connectivity index (χ4v) is 2.63. The molecular weight excluding hydrogens is 266 g/mol. The Hall–Kier alpha value is -1.59. The smallest absolute Gasteiger partial charge is 0.240 e. The Kier molecular flexibility index (Phi) is 5.59. The molecule has 1 fully saturated rings. The van der Waals surface area contributed by atoms with Gasteiger partial charge >= 0.3 is 0 Å². The zero-order valence-corrected chi connectivity index (χ0v) is 13.1. The molecule has 5 heteroatoms. The number of hydrogen-bond acceptors (Lipinski definition) is 4. The van der Waals surface area contributed by atoms with E-state index in [0.717, 1.165) is 30.9 Å². The zero-order valence-electron chi connectivity index (χ0n) is 13.1. The fraction of sp³-hybridized carbons (Fsp3) is 0.562. The SMILES string of the molecule is CCOc1ccccc1CN1CCNCC1C(=O)N(C)C. The van der Waals surface area contributed by atoms with E-state index >= 15 is 0 Å². The van der Waals surface area contributed by atoms with Crippen LogP contribution in [0.4, 0.5) is 0 Å². The standard InChI is InChI=1S/C16H25N3O2/c1-4-21-15-8-6-5-7-13(15)12-19-10-9-17-11-14(19)16(20)18(2)3/h5-8,14,17H,4,9-12H2,1-3H3. The first-order valence-electron chi connectivity index (χ1n) is 7.50. The Morgan fingerprint density at radius 3 is 2.90 bits per heavy atom. The van der Waals surface area contributed by atoms with Gasteiger partial charge in [-0.15, -0.1) is 0 Å². The lowest BCUT2D eigenvalue weighted by Crippen LogP contribution is -2.57. The minimum atomic E-state index is -0.108. The van der Waals surface area contributed by atoms with Gasteiger partial charge in [-0.05, 0) is 13.0 Å². The van der Waals surface area contributed by atoms with Crippen LogP contribution in [0.2, 0.25) is 0 Å². The van der Waals surface area contributed by atoms with Crippen LogP contribution in [0.5, 0.6) is 5.75 Å². The van der Waals surface area contributed by atoms with Gasteiger partial charge in [0.05, 0.1) is 6.61 Å². The Labute approximate surface area is 126 Å². The van der Waals surface area contributed by atoms with Gasteiger partial charge < -0.3 is 15.0 Å². The van der Waals surface area contributed by atoms with Crippen molar-refractivity contribution in [3.63, 3.8) is 0 Å². The van der Waals surface area contributed by atoms with E-state index in [1.165, 1.54) is 0 Å². The van der Waals surface area contributed by atoms with Crippen molar-refractivity contribution in [1.29, 1.82) is 0 Å². The summed E-state index contributed by atoms with van der Waals surface area (Å²) in [4.78, 5) is 16.2. The molecular formula is C16H25N3O2. The summed E-state index contributed by atoms with van der Waals surface area (Å²) in [5, 5.41) is 3.31. The normalized spacial score (nSPS) is 19.3. The molecule has 0 bridgehead atoms. The van der Waals surface area contributed by atoms with Crippen LogP contribution in [0.15, 0.2) is 24.3 Å². The molecule has 1 amide bonds. The number of piperazine rings is 1. The van der Waals surface area contributed by atoms with Crippen molar-refractivity contribution >= 4 is 5.91 Å². The minimum Gasteiger partial charge on any atom is -0.494 e. The van der Waals surface area contributed by atoms with E-state index in [0.29, 0.717) is 13.2 Å². The molecule has 1 aromatic carbocycles. The lowest BCUT2D eigenvalue weighted by Gasteiger charge is -2.36. The van der Waals surface area contributed by atoms with Crippen molar-refractivity contribution in [3.8, 4) is 5.75 Å². The highest BCUT2D eigenvalue weighted by Gasteiger charge is 2.30. The number of nitrogens with zero attached hydrogens (tertiary/aromatic N) is 2. The number of carbonyl (C=O) groups is 1. The number of rotatable bonds is 5. The van der Waals surface area contributed by atoms with Crippen LogP contribution in [0.3, 0.4) is 0 Å². The number of amides is 1. The summed E-state index contributed by atoms with van der Waals surface area (Å²) in [6.45, 7) is 5.85. The van der Waals surface area contributed by atoms with E-state index in [9.17, 15) is 4.79 Å². The highest BCUT2D eigenvalue weighted by Crippen LogP contribution is 2.21. The number of likely N-dealkylation sites (N-methyl/N-ethyl adjacent to an activating group) is 1. The highest BCUT2D eigenvalue weighted by atomic mass is 16.5. The topological polar surface area (TPSA) is 44.8 Å². The quantitative estimate of drug-likeness (QED) is 0.877. The first kappa shape index (κ1) is 15.8. The van der Waals surface area contributed by atoms with E-state index in [4.69, 9.17) is 4.74 Å². The summed E-state index contributed by atoms with van der Waals surface area (Å²) in [7, 11) is 3.62. The fourth-order valence-electron chi connectivity index (χ4n) is 2.63. The molecule has 0 saturated carbocycles. The maximum absolute atomic E-state index is 12.3. The van der Waals surface area contributed by atoms with Gasteiger partial charge in [-0.2, -0.15) is 0 Å². The second kappa shape index (κ2) is 7.43. The molecule has 1 unspecified atom stereocenters. The van der Waals surface area contributed by atoms with E-state index in [1.807, 2.05) is 39.2 Å². The third kappa shape index (κ3) is 3.95. The van der Waals surface area contributed by atoms with E-state index in [-0.39, 0.29) is 11.9 Å². The first-order valence-corrected chi connectivity index (χ1v) is 7.50. The number of ether oxygens (including phenoxy) is 1. The monoisotopic (exact) mass is 291 g/mol. The average molecular weight is 291 g/mol. The molecule has 0 radical (unpaired) electrons. The van der Waals surface area contributed by atoms with Crippen molar-refractivity contribution in [3.05, 3.63) is 29.8 Å². The van der Waals surface area contributed by atoms with Crippen molar-refractivity contribution in [1.82, 2.24) is 15.1 Å². The van der Waals surface area contributed by atoms with Gasteiger partial charge in [0.25, 0.3) is 0 Å². The third-order valence-corrected chi connectivity index (χ3v) is 3.73. The van der Waals surface area contributed by atoms with Crippen LogP contribution in [-0.4, -0.2) is 62.1 Å². The number of para-hydroxylation sites is 1. The predicted octanol–water partition coefficient (Wildman–Crippen LogP) is 0.947. The van der Waals surface area contributed by atoms with Crippen LogP contribution < -0.4 is 10.1 Å². The van der Waals surface area contributed by atoms with Crippen molar-refractivity contribution < 1.29 is 9.53 Å². The third-order valence-electron chi connectivity index (χ3n) is 3.73. The van der Waals surface area contributed by atoms with Gasteiger partial charge in [0.2, 0.25) is 5.91 Å². The Morgan fingerprint density at radius 1 is 1.43 bits per heavy atom. The summed E-state index contributed by atoms with van der Waals surface area (Å²) >= 11 is 0. The molecule has 1 aliphatic rings. The molecule has 1 aromatic rings. The van der Waals surface area contributed by atoms with Crippen molar-refractivity contribution in [2.45, 2.75) is 19.5 Å². The number of benzene rings is 1. The largest absolute Gasteiger partial charge is 0.494 e.